The number of carbonyl (C=O) groups is 1. The predicted octanol–water partition coefficient (Wildman–Crippen LogP) is 3.69. The lowest BCUT2D eigenvalue weighted by Gasteiger charge is -2.13. The first-order valence-corrected chi connectivity index (χ1v) is 8.51. The summed E-state index contributed by atoms with van der Waals surface area (Å²) in [6, 6.07) is 9.28. The lowest BCUT2D eigenvalue weighted by atomic mass is 10.1. The van der Waals surface area contributed by atoms with Crippen LogP contribution in [-0.2, 0) is 0 Å². The van der Waals surface area contributed by atoms with E-state index in [1.807, 2.05) is 13.0 Å². The molecule has 0 aliphatic carbocycles. The zero-order chi connectivity index (χ0) is 18.0. The average Bonchev–Trinajstić information content (AvgIpc) is 3.06. The number of amides is 1. The van der Waals surface area contributed by atoms with Gasteiger partial charge in [-0.1, -0.05) is 23.5 Å². The smallest absolute Gasteiger partial charge is 0.277 e. The molecular weight excluding hydrogens is 338 g/mol. The highest BCUT2D eigenvalue weighted by Gasteiger charge is 2.18. The average molecular weight is 357 g/mol. The Balaban J connectivity index is 1.83. The van der Waals surface area contributed by atoms with Gasteiger partial charge < -0.3 is 9.47 Å². The molecule has 1 aromatic heterocycles. The van der Waals surface area contributed by atoms with E-state index >= 15 is 0 Å². The number of methoxy groups -OCH3 is 2. The van der Waals surface area contributed by atoms with Crippen molar-refractivity contribution in [1.29, 1.82) is 0 Å². The van der Waals surface area contributed by atoms with Gasteiger partial charge >= 0.3 is 0 Å². The Hall–Kier alpha value is -2.80. The summed E-state index contributed by atoms with van der Waals surface area (Å²) in [4.78, 5) is 17.1. The highest BCUT2D eigenvalue weighted by atomic mass is 32.1. The fourth-order valence-corrected chi connectivity index (χ4v) is 3.41. The molecule has 130 valence electrons. The van der Waals surface area contributed by atoms with Crippen molar-refractivity contribution in [3.63, 3.8) is 0 Å². The van der Waals surface area contributed by atoms with E-state index in [9.17, 15) is 4.79 Å². The highest BCUT2D eigenvalue weighted by molar-refractivity contribution is 7.22. The number of carbonyl (C=O) groups excluding carboxylic acids is 1. The normalized spacial score (nSPS) is 10.6. The van der Waals surface area contributed by atoms with Crippen LogP contribution in [0.15, 0.2) is 30.3 Å². The molecule has 6 nitrogen and oxygen atoms in total. The molecule has 0 atom stereocenters. The number of thiazole rings is 1. The van der Waals surface area contributed by atoms with Gasteiger partial charge in [-0.15, -0.1) is 0 Å². The van der Waals surface area contributed by atoms with Crippen LogP contribution < -0.4 is 20.3 Å². The molecule has 1 amide bonds. The number of hydrogen-bond donors (Lipinski definition) is 2. The Morgan fingerprint density at radius 1 is 1.08 bits per heavy atom. The number of fused-ring (bicyclic) bond motifs is 1. The molecule has 0 saturated carbocycles. The van der Waals surface area contributed by atoms with Crippen molar-refractivity contribution in [2.24, 2.45) is 0 Å². The van der Waals surface area contributed by atoms with Crippen LogP contribution in [-0.4, -0.2) is 25.1 Å². The first-order chi connectivity index (χ1) is 12.0. The second-order valence-corrected chi connectivity index (χ2v) is 6.52. The van der Waals surface area contributed by atoms with E-state index in [1.165, 1.54) is 31.1 Å². The Morgan fingerprint density at radius 2 is 1.76 bits per heavy atom. The standard InChI is InChI=1S/C18H19N3O3S/c1-10-8-9-14-16(11(10)2)19-18(25-14)21-20-17(22)15-12(23-3)6-5-7-13(15)24-4/h5-9H,1-4H3,(H,19,21)(H,20,22). The van der Waals surface area contributed by atoms with Gasteiger partial charge in [0.2, 0.25) is 5.13 Å². The van der Waals surface area contributed by atoms with Gasteiger partial charge in [0, 0.05) is 0 Å². The lowest BCUT2D eigenvalue weighted by molar-refractivity contribution is 0.0956. The van der Waals surface area contributed by atoms with Gasteiger partial charge in [0.05, 0.1) is 24.4 Å². The summed E-state index contributed by atoms with van der Waals surface area (Å²) in [5.41, 5.74) is 9.13. The molecule has 0 aliphatic rings. The van der Waals surface area contributed by atoms with E-state index in [2.05, 4.69) is 28.8 Å². The number of nitrogens with one attached hydrogen (secondary N) is 2. The topological polar surface area (TPSA) is 72.5 Å². The van der Waals surface area contributed by atoms with Crippen LogP contribution in [0.4, 0.5) is 5.13 Å². The van der Waals surface area contributed by atoms with Crippen molar-refractivity contribution in [2.45, 2.75) is 13.8 Å². The number of hydrogen-bond acceptors (Lipinski definition) is 6. The van der Waals surface area contributed by atoms with Gasteiger partial charge in [0.1, 0.15) is 17.1 Å². The maximum Gasteiger partial charge on any atom is 0.277 e. The van der Waals surface area contributed by atoms with Crippen LogP contribution in [0.25, 0.3) is 10.2 Å². The highest BCUT2D eigenvalue weighted by Crippen LogP contribution is 2.30. The Kier molecular flexibility index (Phi) is 4.76. The number of ether oxygens (including phenoxy) is 2. The quantitative estimate of drug-likeness (QED) is 0.682. The van der Waals surface area contributed by atoms with Gasteiger partial charge in [-0.05, 0) is 43.2 Å². The van der Waals surface area contributed by atoms with Crippen LogP contribution in [0.1, 0.15) is 21.5 Å². The van der Waals surface area contributed by atoms with Crippen molar-refractivity contribution in [3.8, 4) is 11.5 Å². The molecule has 2 N–H and O–H groups in total. The molecule has 1 heterocycles. The summed E-state index contributed by atoms with van der Waals surface area (Å²) in [5, 5.41) is 0.617. The molecule has 0 fully saturated rings. The van der Waals surface area contributed by atoms with Crippen molar-refractivity contribution >= 4 is 32.6 Å². The summed E-state index contributed by atoms with van der Waals surface area (Å²) < 4.78 is 11.6. The molecule has 0 unspecified atom stereocenters. The van der Waals surface area contributed by atoms with E-state index in [-0.39, 0.29) is 5.91 Å². The van der Waals surface area contributed by atoms with E-state index in [0.29, 0.717) is 22.2 Å². The molecule has 3 rings (SSSR count). The third kappa shape index (κ3) is 3.23. The number of nitrogens with zero attached hydrogens (tertiary/aromatic N) is 1. The number of hydrazine groups is 1. The monoisotopic (exact) mass is 357 g/mol. The van der Waals surface area contributed by atoms with Gasteiger partial charge in [0.15, 0.2) is 0 Å². The number of benzene rings is 2. The molecule has 0 saturated heterocycles. The summed E-state index contributed by atoms with van der Waals surface area (Å²) in [6.07, 6.45) is 0. The number of anilines is 1. The van der Waals surface area contributed by atoms with Crippen molar-refractivity contribution in [1.82, 2.24) is 10.4 Å². The van der Waals surface area contributed by atoms with Crippen molar-refractivity contribution in [2.75, 3.05) is 19.6 Å². The lowest BCUT2D eigenvalue weighted by Crippen LogP contribution is -2.30. The summed E-state index contributed by atoms with van der Waals surface area (Å²) in [7, 11) is 3.02. The fraction of sp³-hybridized carbons (Fsp3) is 0.222. The fourth-order valence-electron chi connectivity index (χ4n) is 2.53. The van der Waals surface area contributed by atoms with Crippen molar-refractivity contribution in [3.05, 3.63) is 47.0 Å². The van der Waals surface area contributed by atoms with Gasteiger partial charge in [-0.2, -0.15) is 0 Å². The summed E-state index contributed by atoms with van der Waals surface area (Å²) >= 11 is 1.48. The molecule has 0 aliphatic heterocycles. The molecule has 3 aromatic rings. The van der Waals surface area contributed by atoms with E-state index < -0.39 is 0 Å². The van der Waals surface area contributed by atoms with Gasteiger partial charge in [-0.3, -0.25) is 15.6 Å². The SMILES string of the molecule is COc1cccc(OC)c1C(=O)NNc1nc2c(C)c(C)ccc2s1. The Morgan fingerprint density at radius 3 is 2.40 bits per heavy atom. The molecule has 0 bridgehead atoms. The second-order valence-electron chi connectivity index (χ2n) is 5.49. The minimum absolute atomic E-state index is 0.327. The minimum Gasteiger partial charge on any atom is -0.496 e. The summed E-state index contributed by atoms with van der Waals surface area (Å²) in [6.45, 7) is 4.09. The molecular formula is C18H19N3O3S. The molecule has 7 heteroatoms. The second kappa shape index (κ2) is 6.98. The van der Waals surface area contributed by atoms with Crippen LogP contribution in [0.5, 0.6) is 11.5 Å². The maximum atomic E-state index is 12.6. The van der Waals surface area contributed by atoms with E-state index in [1.54, 1.807) is 18.2 Å². The van der Waals surface area contributed by atoms with Crippen LogP contribution in [0, 0.1) is 13.8 Å². The Bertz CT molecular complexity index is 914. The third-order valence-electron chi connectivity index (χ3n) is 4.02. The van der Waals surface area contributed by atoms with E-state index in [0.717, 1.165) is 15.8 Å². The first-order valence-electron chi connectivity index (χ1n) is 7.69. The van der Waals surface area contributed by atoms with Crippen LogP contribution in [0.3, 0.4) is 0 Å². The minimum atomic E-state index is -0.360. The zero-order valence-electron chi connectivity index (χ0n) is 14.5. The van der Waals surface area contributed by atoms with Crippen molar-refractivity contribution < 1.29 is 14.3 Å². The third-order valence-corrected chi connectivity index (χ3v) is 4.96. The molecule has 2 aromatic carbocycles. The predicted molar refractivity (Wildman–Crippen MR) is 99.7 cm³/mol. The zero-order valence-corrected chi connectivity index (χ0v) is 15.3. The maximum absolute atomic E-state index is 12.6. The Labute approximate surface area is 149 Å². The number of aryl methyl sites for hydroxylation is 2. The van der Waals surface area contributed by atoms with Gasteiger partial charge in [-0.25, -0.2) is 4.98 Å². The van der Waals surface area contributed by atoms with Crippen LogP contribution in [0.2, 0.25) is 0 Å². The number of rotatable bonds is 5. The summed E-state index contributed by atoms with van der Waals surface area (Å²) in [5.74, 6) is 0.519. The van der Waals surface area contributed by atoms with Crippen LogP contribution >= 0.6 is 11.3 Å². The van der Waals surface area contributed by atoms with Gasteiger partial charge in [0.25, 0.3) is 5.91 Å². The first kappa shape index (κ1) is 17.0. The molecule has 25 heavy (non-hydrogen) atoms. The molecule has 0 spiro atoms. The largest absolute Gasteiger partial charge is 0.496 e. The van der Waals surface area contributed by atoms with E-state index in [4.69, 9.17) is 9.47 Å². The molecule has 0 radical (unpaired) electrons. The number of aromatic nitrogens is 1.